The molecule has 1 aliphatic heterocycles. The molecule has 1 aromatic carbocycles. The number of halogens is 2. The average Bonchev–Trinajstić information content (AvgIpc) is 3.11. The Kier molecular flexibility index (Phi) is 3.75. The summed E-state index contributed by atoms with van der Waals surface area (Å²) in [5, 5.41) is 3.75. The lowest BCUT2D eigenvalue weighted by atomic mass is 10.1. The number of fused-ring (bicyclic) bond motifs is 1. The summed E-state index contributed by atoms with van der Waals surface area (Å²) in [5.41, 5.74) is 0.886. The van der Waals surface area contributed by atoms with E-state index in [0.717, 1.165) is 23.6 Å². The minimum atomic E-state index is -0.705. The van der Waals surface area contributed by atoms with Crippen LogP contribution in [0, 0.1) is 24.5 Å². The summed E-state index contributed by atoms with van der Waals surface area (Å²) in [6.07, 6.45) is 3.38. The van der Waals surface area contributed by atoms with Crippen molar-refractivity contribution in [3.63, 3.8) is 0 Å². The van der Waals surface area contributed by atoms with Crippen molar-refractivity contribution in [1.29, 1.82) is 0 Å². The highest BCUT2D eigenvalue weighted by molar-refractivity contribution is 7.13. The van der Waals surface area contributed by atoms with E-state index in [1.165, 1.54) is 24.2 Å². The van der Waals surface area contributed by atoms with Crippen LogP contribution in [0.15, 0.2) is 12.1 Å². The van der Waals surface area contributed by atoms with Gasteiger partial charge >= 0.3 is 0 Å². The van der Waals surface area contributed by atoms with Crippen LogP contribution in [0.3, 0.4) is 0 Å². The van der Waals surface area contributed by atoms with Gasteiger partial charge in [0.05, 0.1) is 22.3 Å². The third-order valence-corrected chi connectivity index (χ3v) is 5.50. The normalized spacial score (nSPS) is 19.0. The summed E-state index contributed by atoms with van der Waals surface area (Å²) in [5.74, 6) is -0.847. The van der Waals surface area contributed by atoms with Crippen LogP contribution in [0.5, 0.6) is 5.75 Å². The molecule has 1 amide bonds. The second-order valence-electron chi connectivity index (χ2n) is 6.31. The van der Waals surface area contributed by atoms with Crippen molar-refractivity contribution < 1.29 is 18.3 Å². The first-order valence-electron chi connectivity index (χ1n) is 7.90. The summed E-state index contributed by atoms with van der Waals surface area (Å²) in [6.45, 7) is 1.89. The standard InChI is InChI=1S/C17H16F2N2O2S/c1-8-16(24-14(20-8)4-9-2-3-9)17(22)21-12-7-23-13-6-10(18)5-11(19)15(12)13/h5-6,9,12H,2-4,7H2,1H3,(H,21,22). The van der Waals surface area contributed by atoms with Gasteiger partial charge in [-0.25, -0.2) is 13.8 Å². The fourth-order valence-corrected chi connectivity index (χ4v) is 4.01. The van der Waals surface area contributed by atoms with Gasteiger partial charge in [0.2, 0.25) is 0 Å². The maximum Gasteiger partial charge on any atom is 0.263 e. The van der Waals surface area contributed by atoms with Crippen molar-refractivity contribution in [3.8, 4) is 5.75 Å². The molecule has 0 bridgehead atoms. The van der Waals surface area contributed by atoms with E-state index in [4.69, 9.17) is 4.74 Å². The van der Waals surface area contributed by atoms with Gasteiger partial charge in [-0.1, -0.05) is 0 Å². The van der Waals surface area contributed by atoms with E-state index in [1.807, 2.05) is 0 Å². The first-order chi connectivity index (χ1) is 11.5. The van der Waals surface area contributed by atoms with Crippen LogP contribution >= 0.6 is 11.3 Å². The Hall–Kier alpha value is -2.02. The number of nitrogens with one attached hydrogen (secondary N) is 1. The largest absolute Gasteiger partial charge is 0.490 e. The Morgan fingerprint density at radius 2 is 2.21 bits per heavy atom. The van der Waals surface area contributed by atoms with Crippen LogP contribution in [-0.2, 0) is 6.42 Å². The Morgan fingerprint density at radius 3 is 2.96 bits per heavy atom. The summed E-state index contributed by atoms with van der Waals surface area (Å²) in [4.78, 5) is 17.5. The number of amides is 1. The number of aromatic nitrogens is 1. The van der Waals surface area contributed by atoms with E-state index in [1.54, 1.807) is 6.92 Å². The summed E-state index contributed by atoms with van der Waals surface area (Å²) in [6, 6.07) is 1.32. The Morgan fingerprint density at radius 1 is 1.42 bits per heavy atom. The minimum Gasteiger partial charge on any atom is -0.490 e. The van der Waals surface area contributed by atoms with Crippen molar-refractivity contribution in [1.82, 2.24) is 10.3 Å². The number of benzene rings is 1. The molecule has 1 N–H and O–H groups in total. The number of nitrogens with zero attached hydrogens (tertiary/aromatic N) is 1. The van der Waals surface area contributed by atoms with Gasteiger partial charge in [0.1, 0.15) is 28.9 Å². The number of hydrogen-bond donors (Lipinski definition) is 1. The third kappa shape index (κ3) is 2.88. The molecule has 0 spiro atoms. The number of aryl methyl sites for hydroxylation is 1. The Bertz CT molecular complexity index is 817. The lowest BCUT2D eigenvalue weighted by Crippen LogP contribution is -2.29. The average molecular weight is 350 g/mol. The monoisotopic (exact) mass is 350 g/mol. The summed E-state index contributed by atoms with van der Waals surface area (Å²) >= 11 is 1.39. The predicted octanol–water partition coefficient (Wildman–Crippen LogP) is 3.55. The van der Waals surface area contributed by atoms with Crippen molar-refractivity contribution in [2.45, 2.75) is 32.2 Å². The molecule has 1 fully saturated rings. The zero-order chi connectivity index (χ0) is 16.8. The van der Waals surface area contributed by atoms with Gasteiger partial charge in [-0.2, -0.15) is 0 Å². The molecule has 126 valence electrons. The molecule has 0 saturated heterocycles. The Labute approximate surface area is 141 Å². The maximum atomic E-state index is 14.0. The van der Waals surface area contributed by atoms with Crippen molar-refractivity contribution in [2.24, 2.45) is 5.92 Å². The van der Waals surface area contributed by atoms with E-state index in [2.05, 4.69) is 10.3 Å². The highest BCUT2D eigenvalue weighted by atomic mass is 32.1. The number of thiazole rings is 1. The molecule has 1 unspecified atom stereocenters. The van der Waals surface area contributed by atoms with Gasteiger partial charge in [0.15, 0.2) is 0 Å². The summed E-state index contributed by atoms with van der Waals surface area (Å²) in [7, 11) is 0. The molecule has 2 aliphatic rings. The molecule has 7 heteroatoms. The molecule has 4 rings (SSSR count). The molecular weight excluding hydrogens is 334 g/mol. The molecule has 1 atom stereocenters. The molecule has 2 heterocycles. The zero-order valence-corrected chi connectivity index (χ0v) is 13.9. The summed E-state index contributed by atoms with van der Waals surface area (Å²) < 4.78 is 32.5. The van der Waals surface area contributed by atoms with Gasteiger partial charge < -0.3 is 10.1 Å². The topological polar surface area (TPSA) is 51.2 Å². The number of hydrogen-bond acceptors (Lipinski definition) is 4. The molecule has 1 aliphatic carbocycles. The van der Waals surface area contributed by atoms with Gasteiger partial charge in [0.25, 0.3) is 5.91 Å². The number of carbonyl (C=O) groups excluding carboxylic acids is 1. The Balaban J connectivity index is 1.52. The lowest BCUT2D eigenvalue weighted by molar-refractivity contribution is 0.0933. The smallest absolute Gasteiger partial charge is 0.263 e. The predicted molar refractivity (Wildman–Crippen MR) is 85.3 cm³/mol. The second kappa shape index (κ2) is 5.81. The third-order valence-electron chi connectivity index (χ3n) is 4.32. The fraction of sp³-hybridized carbons (Fsp3) is 0.412. The first-order valence-corrected chi connectivity index (χ1v) is 8.72. The van der Waals surface area contributed by atoms with E-state index in [0.29, 0.717) is 16.5 Å². The quantitative estimate of drug-likeness (QED) is 0.917. The van der Waals surface area contributed by atoms with E-state index in [-0.39, 0.29) is 23.8 Å². The van der Waals surface area contributed by atoms with E-state index in [9.17, 15) is 13.6 Å². The van der Waals surface area contributed by atoms with Crippen LogP contribution in [-0.4, -0.2) is 17.5 Å². The van der Waals surface area contributed by atoms with Crippen molar-refractivity contribution >= 4 is 17.2 Å². The molecule has 1 saturated carbocycles. The zero-order valence-electron chi connectivity index (χ0n) is 13.1. The highest BCUT2D eigenvalue weighted by Crippen LogP contribution is 2.36. The van der Waals surface area contributed by atoms with Gasteiger partial charge in [0, 0.05) is 18.6 Å². The van der Waals surface area contributed by atoms with Crippen molar-refractivity contribution in [3.05, 3.63) is 44.9 Å². The number of carbonyl (C=O) groups is 1. The van der Waals surface area contributed by atoms with Crippen LogP contribution in [0.4, 0.5) is 8.78 Å². The number of ether oxygens (including phenoxy) is 1. The van der Waals surface area contributed by atoms with E-state index >= 15 is 0 Å². The van der Waals surface area contributed by atoms with Gasteiger partial charge in [-0.3, -0.25) is 4.79 Å². The van der Waals surface area contributed by atoms with Gasteiger partial charge in [-0.05, 0) is 25.7 Å². The highest BCUT2D eigenvalue weighted by Gasteiger charge is 2.31. The molecule has 4 nitrogen and oxygen atoms in total. The molecular formula is C17H16F2N2O2S. The number of rotatable bonds is 4. The van der Waals surface area contributed by atoms with Crippen molar-refractivity contribution in [2.75, 3.05) is 6.61 Å². The molecule has 2 aromatic rings. The van der Waals surface area contributed by atoms with Crippen LogP contribution < -0.4 is 10.1 Å². The lowest BCUT2D eigenvalue weighted by Gasteiger charge is -2.11. The molecule has 24 heavy (non-hydrogen) atoms. The molecule has 0 radical (unpaired) electrons. The second-order valence-corrected chi connectivity index (χ2v) is 7.39. The minimum absolute atomic E-state index is 0.0915. The first kappa shape index (κ1) is 15.5. The molecule has 1 aromatic heterocycles. The van der Waals surface area contributed by atoms with E-state index < -0.39 is 17.7 Å². The van der Waals surface area contributed by atoms with Gasteiger partial charge in [-0.15, -0.1) is 11.3 Å². The van der Waals surface area contributed by atoms with Crippen LogP contribution in [0.2, 0.25) is 0 Å². The van der Waals surface area contributed by atoms with Crippen LogP contribution in [0.25, 0.3) is 0 Å². The van der Waals surface area contributed by atoms with Crippen LogP contribution in [0.1, 0.15) is 44.8 Å². The SMILES string of the molecule is Cc1nc(CC2CC2)sc1C(=O)NC1COc2cc(F)cc(F)c21. The fourth-order valence-electron chi connectivity index (χ4n) is 2.93. The maximum absolute atomic E-state index is 14.0.